The van der Waals surface area contributed by atoms with Crippen LogP contribution in [0.25, 0.3) is 0 Å². The van der Waals surface area contributed by atoms with Crippen molar-refractivity contribution in [1.82, 2.24) is 0 Å². The van der Waals surface area contributed by atoms with Crippen LogP contribution in [0.2, 0.25) is 0 Å². The Morgan fingerprint density at radius 3 is 2.67 bits per heavy atom. The van der Waals surface area contributed by atoms with E-state index in [1.54, 1.807) is 11.1 Å². The zero-order valence-corrected chi connectivity index (χ0v) is 14.4. The molecule has 0 N–H and O–H groups in total. The molecule has 116 valence electrons. The highest BCUT2D eigenvalue weighted by molar-refractivity contribution is 5.36. The molecule has 0 radical (unpaired) electrons. The van der Waals surface area contributed by atoms with Gasteiger partial charge in [-0.25, -0.2) is 0 Å². The van der Waals surface area contributed by atoms with Gasteiger partial charge in [-0.15, -0.1) is 0 Å². The molecule has 4 aliphatic rings. The largest absolute Gasteiger partial charge is 0.0805 e. The monoisotopic (exact) mass is 284 g/mol. The summed E-state index contributed by atoms with van der Waals surface area (Å²) in [5.74, 6) is 3.91. The fourth-order valence-electron chi connectivity index (χ4n) is 6.73. The van der Waals surface area contributed by atoms with Gasteiger partial charge in [0.05, 0.1) is 0 Å². The van der Waals surface area contributed by atoms with Gasteiger partial charge in [0.15, 0.2) is 0 Å². The maximum Gasteiger partial charge on any atom is -0.00443 e. The van der Waals surface area contributed by atoms with E-state index in [1.165, 1.54) is 44.9 Å². The SMILES string of the molecule is CC1=CC2=CCC3C4CCC(C)[C@@]4(C)CCC3[C@@]2(C)CC1. The van der Waals surface area contributed by atoms with Crippen molar-refractivity contribution < 1.29 is 0 Å². The van der Waals surface area contributed by atoms with Gasteiger partial charge in [0.2, 0.25) is 0 Å². The van der Waals surface area contributed by atoms with Gasteiger partial charge in [0.1, 0.15) is 0 Å². The minimum Gasteiger partial charge on any atom is -0.0805 e. The first-order valence-electron chi connectivity index (χ1n) is 9.33. The van der Waals surface area contributed by atoms with Gasteiger partial charge >= 0.3 is 0 Å². The zero-order chi connectivity index (χ0) is 14.8. The maximum absolute atomic E-state index is 2.64. The first-order valence-corrected chi connectivity index (χ1v) is 9.33. The number of hydrogen-bond donors (Lipinski definition) is 0. The van der Waals surface area contributed by atoms with E-state index in [2.05, 4.69) is 39.8 Å². The van der Waals surface area contributed by atoms with Crippen LogP contribution in [0.3, 0.4) is 0 Å². The molecule has 2 fully saturated rings. The van der Waals surface area contributed by atoms with E-state index in [-0.39, 0.29) is 0 Å². The van der Waals surface area contributed by atoms with Gasteiger partial charge in [-0.3, -0.25) is 0 Å². The summed E-state index contributed by atoms with van der Waals surface area (Å²) >= 11 is 0. The van der Waals surface area contributed by atoms with Crippen molar-refractivity contribution >= 4 is 0 Å². The molecule has 6 atom stereocenters. The molecule has 4 aliphatic carbocycles. The van der Waals surface area contributed by atoms with Crippen molar-refractivity contribution in [1.29, 1.82) is 0 Å². The lowest BCUT2D eigenvalue weighted by molar-refractivity contribution is -0.0329. The van der Waals surface area contributed by atoms with Crippen LogP contribution in [0.5, 0.6) is 0 Å². The molecule has 0 aromatic carbocycles. The summed E-state index contributed by atoms with van der Waals surface area (Å²) in [6.45, 7) is 10.1. The summed E-state index contributed by atoms with van der Waals surface area (Å²) in [5, 5.41) is 0. The highest BCUT2D eigenvalue weighted by Gasteiger charge is 2.56. The Labute approximate surface area is 131 Å². The molecular weight excluding hydrogens is 252 g/mol. The third-order valence-electron chi connectivity index (χ3n) is 8.44. The van der Waals surface area contributed by atoms with Crippen molar-refractivity contribution in [2.24, 2.45) is 34.5 Å². The van der Waals surface area contributed by atoms with Crippen LogP contribution in [0, 0.1) is 34.5 Å². The minimum absolute atomic E-state index is 0.496. The first kappa shape index (κ1) is 14.1. The number of allylic oxidation sites excluding steroid dienone is 4. The van der Waals surface area contributed by atoms with Crippen LogP contribution in [0.4, 0.5) is 0 Å². The Bertz CT molecular complexity index is 510. The molecule has 0 nitrogen and oxygen atoms in total. The molecule has 0 bridgehead atoms. The summed E-state index contributed by atoms with van der Waals surface area (Å²) in [6, 6.07) is 0. The van der Waals surface area contributed by atoms with Gasteiger partial charge in [-0.2, -0.15) is 0 Å². The summed E-state index contributed by atoms with van der Waals surface area (Å²) in [4.78, 5) is 0. The van der Waals surface area contributed by atoms with Crippen molar-refractivity contribution in [2.45, 2.75) is 72.6 Å². The Morgan fingerprint density at radius 2 is 1.86 bits per heavy atom. The van der Waals surface area contributed by atoms with Crippen LogP contribution >= 0.6 is 0 Å². The number of fused-ring (bicyclic) bond motifs is 5. The van der Waals surface area contributed by atoms with E-state index in [1.807, 2.05) is 0 Å². The van der Waals surface area contributed by atoms with Gasteiger partial charge < -0.3 is 0 Å². The lowest BCUT2D eigenvalue weighted by atomic mass is 9.48. The quantitative estimate of drug-likeness (QED) is 0.501. The van der Waals surface area contributed by atoms with E-state index in [4.69, 9.17) is 0 Å². The molecule has 0 aliphatic heterocycles. The van der Waals surface area contributed by atoms with Crippen LogP contribution < -0.4 is 0 Å². The summed E-state index contributed by atoms with van der Waals surface area (Å²) in [7, 11) is 0. The Morgan fingerprint density at radius 1 is 1.05 bits per heavy atom. The predicted molar refractivity (Wildman–Crippen MR) is 90.0 cm³/mol. The second-order valence-corrected chi connectivity index (χ2v) is 9.20. The topological polar surface area (TPSA) is 0 Å². The van der Waals surface area contributed by atoms with Crippen LogP contribution in [-0.4, -0.2) is 0 Å². The Hall–Kier alpha value is -0.520. The number of rotatable bonds is 0. The van der Waals surface area contributed by atoms with Crippen molar-refractivity contribution in [3.05, 3.63) is 23.3 Å². The summed E-state index contributed by atoms with van der Waals surface area (Å²) in [5.41, 5.74) is 4.45. The summed E-state index contributed by atoms with van der Waals surface area (Å²) in [6.07, 6.45) is 15.2. The third-order valence-corrected chi connectivity index (χ3v) is 8.44. The Balaban J connectivity index is 1.72. The molecule has 0 amide bonds. The van der Waals surface area contributed by atoms with Gasteiger partial charge in [0, 0.05) is 0 Å². The van der Waals surface area contributed by atoms with Crippen LogP contribution in [0.1, 0.15) is 72.6 Å². The van der Waals surface area contributed by atoms with Gasteiger partial charge in [-0.1, -0.05) is 38.5 Å². The fourth-order valence-corrected chi connectivity index (χ4v) is 6.73. The molecule has 0 spiro atoms. The third kappa shape index (κ3) is 1.80. The van der Waals surface area contributed by atoms with E-state index in [0.29, 0.717) is 10.8 Å². The van der Waals surface area contributed by atoms with E-state index in [0.717, 1.165) is 23.7 Å². The van der Waals surface area contributed by atoms with E-state index < -0.39 is 0 Å². The molecule has 0 aromatic heterocycles. The lowest BCUT2D eigenvalue weighted by Gasteiger charge is -2.57. The van der Waals surface area contributed by atoms with Crippen molar-refractivity contribution in [2.75, 3.05) is 0 Å². The minimum atomic E-state index is 0.496. The summed E-state index contributed by atoms with van der Waals surface area (Å²) < 4.78 is 0. The molecule has 21 heavy (non-hydrogen) atoms. The van der Waals surface area contributed by atoms with Gasteiger partial charge in [0.25, 0.3) is 0 Å². The van der Waals surface area contributed by atoms with Crippen LogP contribution in [-0.2, 0) is 0 Å². The molecular formula is C21H32. The highest BCUT2D eigenvalue weighted by atomic mass is 14.6. The first-order chi connectivity index (χ1) is 9.95. The second-order valence-electron chi connectivity index (χ2n) is 9.20. The standard InChI is InChI=1S/C21H32/c1-14-9-11-21(4)16(13-14)6-7-17-18-8-5-15(2)20(18,3)12-10-19(17)21/h6,13,15,17-19H,5,7-12H2,1-4H3/t15?,17?,18?,19?,20-,21+/m1/s1. The second kappa shape index (κ2) is 4.49. The molecule has 4 rings (SSSR count). The Kier molecular flexibility index (Phi) is 3.02. The smallest absolute Gasteiger partial charge is 0.00443 e. The molecule has 0 aromatic rings. The fraction of sp³-hybridized carbons (Fsp3) is 0.810. The van der Waals surface area contributed by atoms with Crippen LogP contribution in [0.15, 0.2) is 23.3 Å². The molecule has 2 saturated carbocycles. The van der Waals surface area contributed by atoms with Crippen molar-refractivity contribution in [3.63, 3.8) is 0 Å². The maximum atomic E-state index is 2.64. The molecule has 4 unspecified atom stereocenters. The zero-order valence-electron chi connectivity index (χ0n) is 14.4. The van der Waals surface area contributed by atoms with Crippen molar-refractivity contribution in [3.8, 4) is 0 Å². The average Bonchev–Trinajstić information content (AvgIpc) is 2.76. The molecule has 0 saturated heterocycles. The number of hydrogen-bond acceptors (Lipinski definition) is 0. The molecule has 0 heteroatoms. The highest BCUT2D eigenvalue weighted by Crippen LogP contribution is 2.65. The normalized spacial score (nSPS) is 52.4. The van der Waals surface area contributed by atoms with E-state index in [9.17, 15) is 0 Å². The molecule has 0 heterocycles. The predicted octanol–water partition coefficient (Wildman–Crippen LogP) is 6.14. The van der Waals surface area contributed by atoms with E-state index >= 15 is 0 Å². The lowest BCUT2D eigenvalue weighted by Crippen LogP contribution is -2.48. The van der Waals surface area contributed by atoms with Gasteiger partial charge in [-0.05, 0) is 91.9 Å². The average molecular weight is 284 g/mol.